The van der Waals surface area contributed by atoms with Crippen molar-refractivity contribution in [2.24, 2.45) is 5.73 Å². The van der Waals surface area contributed by atoms with Gasteiger partial charge in [-0.05, 0) is 18.9 Å². The Morgan fingerprint density at radius 2 is 2.05 bits per heavy atom. The number of benzene rings is 1. The van der Waals surface area contributed by atoms with Crippen LogP contribution in [0.5, 0.6) is 0 Å². The van der Waals surface area contributed by atoms with Crippen LogP contribution >= 0.6 is 0 Å². The van der Waals surface area contributed by atoms with E-state index in [9.17, 15) is 9.18 Å². The number of nitrogens with zero attached hydrogens (tertiary/aromatic N) is 1. The molecule has 2 N–H and O–H groups in total. The highest BCUT2D eigenvalue weighted by molar-refractivity contribution is 5.80. The maximum absolute atomic E-state index is 13.6. The minimum atomic E-state index is -0.888. The smallest absolute Gasteiger partial charge is 0.325 e. The number of hydrogen-bond acceptors (Lipinski definition) is 4. The lowest BCUT2D eigenvalue weighted by Gasteiger charge is -2.37. The van der Waals surface area contributed by atoms with Crippen LogP contribution < -0.4 is 5.73 Å². The quantitative estimate of drug-likeness (QED) is 0.838. The van der Waals surface area contributed by atoms with E-state index in [-0.39, 0.29) is 11.8 Å². The van der Waals surface area contributed by atoms with Gasteiger partial charge in [0.1, 0.15) is 11.4 Å². The zero-order valence-corrected chi connectivity index (χ0v) is 11.1. The van der Waals surface area contributed by atoms with E-state index in [0.29, 0.717) is 38.0 Å². The zero-order valence-electron chi connectivity index (χ0n) is 11.1. The molecule has 4 nitrogen and oxygen atoms in total. The molecule has 0 spiro atoms. The Bertz CT molecular complexity index is 457. The molecular weight excluding hydrogens is 247 g/mol. The molecule has 0 bridgehead atoms. The highest BCUT2D eigenvalue weighted by Gasteiger charge is 2.38. The first-order valence-electron chi connectivity index (χ1n) is 6.38. The number of carbonyl (C=O) groups is 1. The van der Waals surface area contributed by atoms with Crippen molar-refractivity contribution in [1.82, 2.24) is 4.90 Å². The second-order valence-electron chi connectivity index (χ2n) is 5.02. The largest absolute Gasteiger partial charge is 0.468 e. The average molecular weight is 266 g/mol. The van der Waals surface area contributed by atoms with E-state index < -0.39 is 5.54 Å². The number of carbonyl (C=O) groups excluding carboxylic acids is 1. The fourth-order valence-electron chi connectivity index (χ4n) is 2.39. The Hall–Kier alpha value is -1.46. The van der Waals surface area contributed by atoms with Gasteiger partial charge in [0.25, 0.3) is 0 Å². The van der Waals surface area contributed by atoms with Crippen LogP contribution in [0.15, 0.2) is 24.3 Å². The van der Waals surface area contributed by atoms with Crippen LogP contribution in [-0.2, 0) is 16.1 Å². The molecule has 1 aliphatic rings. The molecule has 0 saturated carbocycles. The minimum Gasteiger partial charge on any atom is -0.468 e. The molecule has 0 unspecified atom stereocenters. The molecule has 1 fully saturated rings. The molecule has 0 atom stereocenters. The van der Waals surface area contributed by atoms with Crippen molar-refractivity contribution in [3.63, 3.8) is 0 Å². The van der Waals surface area contributed by atoms with Crippen LogP contribution in [0.3, 0.4) is 0 Å². The molecule has 104 valence electrons. The first kappa shape index (κ1) is 14.0. The molecule has 1 aliphatic heterocycles. The van der Waals surface area contributed by atoms with E-state index in [1.807, 2.05) is 6.07 Å². The lowest BCUT2D eigenvalue weighted by Crippen LogP contribution is -2.55. The molecule has 1 aromatic rings. The average Bonchev–Trinajstić information content (AvgIpc) is 2.43. The second kappa shape index (κ2) is 5.67. The summed E-state index contributed by atoms with van der Waals surface area (Å²) in [4.78, 5) is 13.7. The Balaban J connectivity index is 1.94. The van der Waals surface area contributed by atoms with Crippen molar-refractivity contribution < 1.29 is 13.9 Å². The molecule has 1 heterocycles. The summed E-state index contributed by atoms with van der Waals surface area (Å²) in [7, 11) is 1.35. The van der Waals surface area contributed by atoms with E-state index in [0.717, 1.165) is 0 Å². The molecule has 1 saturated heterocycles. The number of likely N-dealkylation sites (tertiary alicyclic amines) is 1. The van der Waals surface area contributed by atoms with Gasteiger partial charge in [-0.25, -0.2) is 4.39 Å². The van der Waals surface area contributed by atoms with Crippen molar-refractivity contribution >= 4 is 5.97 Å². The molecule has 0 aromatic heterocycles. The van der Waals surface area contributed by atoms with E-state index in [4.69, 9.17) is 10.5 Å². The van der Waals surface area contributed by atoms with Gasteiger partial charge in [0.2, 0.25) is 0 Å². The predicted octanol–water partition coefficient (Wildman–Crippen LogP) is 1.29. The molecule has 0 radical (unpaired) electrons. The summed E-state index contributed by atoms with van der Waals surface area (Å²) in [5, 5.41) is 0. The summed E-state index contributed by atoms with van der Waals surface area (Å²) in [6.45, 7) is 1.88. The number of methoxy groups -OCH3 is 1. The molecule has 0 amide bonds. The van der Waals surface area contributed by atoms with Gasteiger partial charge >= 0.3 is 5.97 Å². The van der Waals surface area contributed by atoms with Crippen LogP contribution in [0.25, 0.3) is 0 Å². The Morgan fingerprint density at radius 3 is 2.63 bits per heavy atom. The number of hydrogen-bond donors (Lipinski definition) is 1. The summed E-state index contributed by atoms with van der Waals surface area (Å²) in [6.07, 6.45) is 1.07. The third-order valence-corrected chi connectivity index (χ3v) is 3.69. The summed E-state index contributed by atoms with van der Waals surface area (Å²) in [5.74, 6) is -0.557. The normalized spacial score (nSPS) is 19.1. The number of esters is 1. The maximum Gasteiger partial charge on any atom is 0.325 e. The van der Waals surface area contributed by atoms with Crippen molar-refractivity contribution in [3.8, 4) is 0 Å². The van der Waals surface area contributed by atoms with Crippen molar-refractivity contribution in [2.45, 2.75) is 24.9 Å². The van der Waals surface area contributed by atoms with Crippen molar-refractivity contribution in [3.05, 3.63) is 35.6 Å². The number of rotatable bonds is 3. The lowest BCUT2D eigenvalue weighted by molar-refractivity contribution is -0.149. The van der Waals surface area contributed by atoms with Crippen LogP contribution in [0.1, 0.15) is 18.4 Å². The van der Waals surface area contributed by atoms with Gasteiger partial charge in [-0.15, -0.1) is 0 Å². The zero-order chi connectivity index (χ0) is 13.9. The number of nitrogens with two attached hydrogens (primary N) is 1. The number of halogens is 1. The monoisotopic (exact) mass is 266 g/mol. The van der Waals surface area contributed by atoms with Gasteiger partial charge in [0.15, 0.2) is 0 Å². The van der Waals surface area contributed by atoms with E-state index in [1.54, 1.807) is 12.1 Å². The topological polar surface area (TPSA) is 55.6 Å². The SMILES string of the molecule is COC(=O)C1(N)CCN(Cc2ccccc2F)CC1. The van der Waals surface area contributed by atoms with Gasteiger partial charge in [-0.2, -0.15) is 0 Å². The van der Waals surface area contributed by atoms with Gasteiger partial charge in [0, 0.05) is 25.2 Å². The highest BCUT2D eigenvalue weighted by atomic mass is 19.1. The third-order valence-electron chi connectivity index (χ3n) is 3.69. The fourth-order valence-corrected chi connectivity index (χ4v) is 2.39. The second-order valence-corrected chi connectivity index (χ2v) is 5.02. The van der Waals surface area contributed by atoms with Crippen LogP contribution in [-0.4, -0.2) is 36.6 Å². The van der Waals surface area contributed by atoms with Gasteiger partial charge in [-0.3, -0.25) is 9.69 Å². The predicted molar refractivity (Wildman–Crippen MR) is 69.8 cm³/mol. The summed E-state index contributed by atoms with van der Waals surface area (Å²) in [5.41, 5.74) is 5.81. The first-order chi connectivity index (χ1) is 9.05. The third kappa shape index (κ3) is 3.11. The molecule has 0 aliphatic carbocycles. The standard InChI is InChI=1S/C14H19FN2O2/c1-19-13(18)14(16)6-8-17(9-7-14)10-11-4-2-3-5-12(11)15/h2-5H,6-10,16H2,1H3. The van der Waals surface area contributed by atoms with Crippen LogP contribution in [0.2, 0.25) is 0 Å². The maximum atomic E-state index is 13.6. The minimum absolute atomic E-state index is 0.194. The summed E-state index contributed by atoms with van der Waals surface area (Å²) in [6, 6.07) is 6.74. The molecule has 5 heteroatoms. The number of ether oxygens (including phenoxy) is 1. The lowest BCUT2D eigenvalue weighted by atomic mass is 9.88. The molecule has 1 aromatic carbocycles. The highest BCUT2D eigenvalue weighted by Crippen LogP contribution is 2.22. The Labute approximate surface area is 112 Å². The Morgan fingerprint density at radius 1 is 1.42 bits per heavy atom. The van der Waals surface area contributed by atoms with Gasteiger partial charge in [0.05, 0.1) is 7.11 Å². The summed E-state index contributed by atoms with van der Waals surface area (Å²) >= 11 is 0. The summed E-state index contributed by atoms with van der Waals surface area (Å²) < 4.78 is 18.3. The van der Waals surface area contributed by atoms with Crippen molar-refractivity contribution in [1.29, 1.82) is 0 Å². The molecule has 19 heavy (non-hydrogen) atoms. The van der Waals surface area contributed by atoms with Crippen molar-refractivity contribution in [2.75, 3.05) is 20.2 Å². The van der Waals surface area contributed by atoms with E-state index in [1.165, 1.54) is 13.2 Å². The van der Waals surface area contributed by atoms with Gasteiger partial charge in [-0.1, -0.05) is 18.2 Å². The number of piperidine rings is 1. The van der Waals surface area contributed by atoms with E-state index >= 15 is 0 Å². The Kier molecular flexibility index (Phi) is 4.17. The fraction of sp³-hybridized carbons (Fsp3) is 0.500. The van der Waals surface area contributed by atoms with Gasteiger partial charge < -0.3 is 10.5 Å². The molecule has 2 rings (SSSR count). The molecular formula is C14H19FN2O2. The van der Waals surface area contributed by atoms with E-state index in [2.05, 4.69) is 4.90 Å². The first-order valence-corrected chi connectivity index (χ1v) is 6.38. The van der Waals surface area contributed by atoms with Crippen LogP contribution in [0, 0.1) is 5.82 Å². The van der Waals surface area contributed by atoms with Crippen LogP contribution in [0.4, 0.5) is 4.39 Å².